The molecular weight excluding hydrogens is 403 g/mol. The molecule has 0 unspecified atom stereocenters. The molecule has 3 aromatic heterocycles. The van der Waals surface area contributed by atoms with Gasteiger partial charge in [-0.3, -0.25) is 9.71 Å². The lowest BCUT2D eigenvalue weighted by atomic mass is 10.1. The maximum absolute atomic E-state index is 13.1. The summed E-state index contributed by atoms with van der Waals surface area (Å²) in [6.45, 7) is 0. The molecule has 9 heteroatoms. The van der Waals surface area contributed by atoms with Gasteiger partial charge in [-0.25, -0.2) is 22.8 Å². The minimum atomic E-state index is -3.96. The number of rotatable bonds is 4. The van der Waals surface area contributed by atoms with E-state index >= 15 is 0 Å². The van der Waals surface area contributed by atoms with E-state index < -0.39 is 15.8 Å². The lowest BCUT2D eigenvalue weighted by Gasteiger charge is -2.11. The minimum absolute atomic E-state index is 0.0168. The van der Waals surface area contributed by atoms with E-state index in [4.69, 9.17) is 11.6 Å². The maximum atomic E-state index is 13.1. The van der Waals surface area contributed by atoms with Gasteiger partial charge in [-0.15, -0.1) is 0 Å². The Labute approximate surface area is 165 Å². The molecule has 6 nitrogen and oxygen atoms in total. The number of halogens is 2. The summed E-state index contributed by atoms with van der Waals surface area (Å²) in [5.41, 5.74) is 2.70. The lowest BCUT2D eigenvalue weighted by molar-refractivity contribution is 0.599. The number of hydrogen-bond donors (Lipinski definition) is 1. The highest BCUT2D eigenvalue weighted by atomic mass is 35.5. The Balaban J connectivity index is 1.71. The van der Waals surface area contributed by atoms with Crippen molar-refractivity contribution >= 4 is 38.3 Å². The van der Waals surface area contributed by atoms with Gasteiger partial charge >= 0.3 is 0 Å². The minimum Gasteiger partial charge on any atom is -0.276 e. The molecule has 0 fully saturated rings. The molecule has 140 valence electrons. The zero-order chi connectivity index (χ0) is 19.7. The van der Waals surface area contributed by atoms with Crippen LogP contribution in [-0.2, 0) is 10.0 Å². The molecule has 0 saturated heterocycles. The molecule has 1 aromatic carbocycles. The van der Waals surface area contributed by atoms with Crippen LogP contribution in [-0.4, -0.2) is 23.4 Å². The molecule has 0 radical (unpaired) electrons. The van der Waals surface area contributed by atoms with Crippen LogP contribution in [0, 0.1) is 5.82 Å². The van der Waals surface area contributed by atoms with Gasteiger partial charge in [0.2, 0.25) is 0 Å². The summed E-state index contributed by atoms with van der Waals surface area (Å²) in [4.78, 5) is 12.7. The summed E-state index contributed by atoms with van der Waals surface area (Å²) < 4.78 is 40.5. The van der Waals surface area contributed by atoms with Crippen molar-refractivity contribution in [3.63, 3.8) is 0 Å². The summed E-state index contributed by atoms with van der Waals surface area (Å²) in [5.74, 6) is -0.530. The van der Waals surface area contributed by atoms with Crippen LogP contribution in [0.4, 0.5) is 10.1 Å². The first-order valence-electron chi connectivity index (χ1n) is 8.08. The average Bonchev–Trinajstić information content (AvgIpc) is 2.69. The van der Waals surface area contributed by atoms with Crippen molar-refractivity contribution in [1.29, 1.82) is 0 Å². The van der Waals surface area contributed by atoms with E-state index in [0.717, 1.165) is 17.6 Å². The molecule has 1 N–H and O–H groups in total. The predicted octanol–water partition coefficient (Wildman–Crippen LogP) is 4.29. The normalized spacial score (nSPS) is 11.5. The molecule has 4 aromatic rings. The Kier molecular flexibility index (Phi) is 4.66. The molecule has 0 bridgehead atoms. The highest BCUT2D eigenvalue weighted by molar-refractivity contribution is 7.92. The van der Waals surface area contributed by atoms with Gasteiger partial charge < -0.3 is 0 Å². The summed E-state index contributed by atoms with van der Waals surface area (Å²) in [6, 6.07) is 13.2. The van der Waals surface area contributed by atoms with Crippen LogP contribution in [0.2, 0.25) is 5.15 Å². The first kappa shape index (κ1) is 18.3. The smallest absolute Gasteiger partial charge is 0.261 e. The number of sulfonamides is 1. The molecule has 0 aliphatic rings. The standard InChI is InChI=1S/C19H12ClFN4O2S/c20-19-18(25-28(26,27)14-5-3-13(21)4-6-14)10-12(11-23-19)15-7-8-16-17(24-15)2-1-9-22-16/h1-11,25H. The largest absolute Gasteiger partial charge is 0.276 e. The van der Waals surface area contributed by atoms with Crippen LogP contribution in [0.15, 0.2) is 71.9 Å². The fourth-order valence-electron chi connectivity index (χ4n) is 2.59. The molecule has 0 atom stereocenters. The quantitative estimate of drug-likeness (QED) is 0.503. The Morgan fingerprint density at radius 2 is 1.75 bits per heavy atom. The second kappa shape index (κ2) is 7.14. The Morgan fingerprint density at radius 1 is 0.964 bits per heavy atom. The molecule has 4 rings (SSSR count). The number of benzene rings is 1. The fraction of sp³-hybridized carbons (Fsp3) is 0. The number of aromatic nitrogens is 3. The Morgan fingerprint density at radius 3 is 2.54 bits per heavy atom. The molecule has 0 aliphatic carbocycles. The number of pyridine rings is 3. The molecule has 28 heavy (non-hydrogen) atoms. The SMILES string of the molecule is O=S(=O)(Nc1cc(-c2ccc3ncccc3n2)cnc1Cl)c1ccc(F)cc1. The van der Waals surface area contributed by atoms with Crippen LogP contribution in [0.3, 0.4) is 0 Å². The van der Waals surface area contributed by atoms with Crippen molar-refractivity contribution in [2.24, 2.45) is 0 Å². The zero-order valence-corrected chi connectivity index (χ0v) is 15.7. The van der Waals surface area contributed by atoms with Crippen LogP contribution in [0.25, 0.3) is 22.3 Å². The molecule has 0 saturated carbocycles. The van der Waals surface area contributed by atoms with Crippen molar-refractivity contribution in [2.45, 2.75) is 4.90 Å². The second-order valence-corrected chi connectivity index (χ2v) is 7.90. The number of nitrogens with zero attached hydrogens (tertiary/aromatic N) is 3. The fourth-order valence-corrected chi connectivity index (χ4v) is 3.86. The molecule has 0 spiro atoms. The third kappa shape index (κ3) is 3.64. The van der Waals surface area contributed by atoms with Gasteiger partial charge in [0, 0.05) is 18.0 Å². The third-order valence-electron chi connectivity index (χ3n) is 3.96. The summed E-state index contributed by atoms with van der Waals surface area (Å²) in [7, 11) is -3.96. The van der Waals surface area contributed by atoms with Crippen molar-refractivity contribution in [1.82, 2.24) is 15.0 Å². The second-order valence-electron chi connectivity index (χ2n) is 5.86. The van der Waals surface area contributed by atoms with Gasteiger partial charge in [0.15, 0.2) is 5.15 Å². The Bertz CT molecular complexity index is 1280. The van der Waals surface area contributed by atoms with Crippen molar-refractivity contribution in [3.05, 3.63) is 78.0 Å². The predicted molar refractivity (Wildman–Crippen MR) is 105 cm³/mol. The highest BCUT2D eigenvalue weighted by Gasteiger charge is 2.17. The zero-order valence-electron chi connectivity index (χ0n) is 14.2. The summed E-state index contributed by atoms with van der Waals surface area (Å²) in [5, 5.41) is -0.0168. The van der Waals surface area contributed by atoms with Gasteiger partial charge in [0.05, 0.1) is 27.3 Å². The van der Waals surface area contributed by atoms with E-state index in [1.807, 2.05) is 12.1 Å². The first-order valence-corrected chi connectivity index (χ1v) is 9.94. The van der Waals surface area contributed by atoms with E-state index in [0.29, 0.717) is 16.8 Å². The summed E-state index contributed by atoms with van der Waals surface area (Å²) >= 11 is 6.07. The monoisotopic (exact) mass is 414 g/mol. The first-order chi connectivity index (χ1) is 13.4. The Hall–Kier alpha value is -3.10. The molecule has 0 aliphatic heterocycles. The van der Waals surface area contributed by atoms with E-state index in [1.165, 1.54) is 18.3 Å². The van der Waals surface area contributed by atoms with Gasteiger partial charge in [-0.05, 0) is 54.6 Å². The van der Waals surface area contributed by atoms with Gasteiger partial charge in [0.25, 0.3) is 10.0 Å². The van der Waals surface area contributed by atoms with E-state index in [2.05, 4.69) is 19.7 Å². The number of anilines is 1. The highest BCUT2D eigenvalue weighted by Crippen LogP contribution is 2.28. The van der Waals surface area contributed by atoms with E-state index in [9.17, 15) is 12.8 Å². The molecule has 3 heterocycles. The summed E-state index contributed by atoms with van der Waals surface area (Å²) in [6.07, 6.45) is 3.18. The lowest BCUT2D eigenvalue weighted by Crippen LogP contribution is -2.13. The van der Waals surface area contributed by atoms with Crippen LogP contribution >= 0.6 is 11.6 Å². The van der Waals surface area contributed by atoms with E-state index in [-0.39, 0.29) is 15.7 Å². The van der Waals surface area contributed by atoms with Crippen molar-refractivity contribution < 1.29 is 12.8 Å². The number of hydrogen-bond acceptors (Lipinski definition) is 5. The third-order valence-corrected chi connectivity index (χ3v) is 5.64. The van der Waals surface area contributed by atoms with Crippen LogP contribution < -0.4 is 4.72 Å². The van der Waals surface area contributed by atoms with Gasteiger partial charge in [-0.2, -0.15) is 0 Å². The van der Waals surface area contributed by atoms with Crippen LogP contribution in [0.5, 0.6) is 0 Å². The maximum Gasteiger partial charge on any atom is 0.261 e. The van der Waals surface area contributed by atoms with Gasteiger partial charge in [0.1, 0.15) is 5.82 Å². The van der Waals surface area contributed by atoms with Crippen LogP contribution in [0.1, 0.15) is 0 Å². The molecular formula is C19H12ClFN4O2S. The average molecular weight is 415 g/mol. The van der Waals surface area contributed by atoms with Crippen molar-refractivity contribution in [2.75, 3.05) is 4.72 Å². The van der Waals surface area contributed by atoms with E-state index in [1.54, 1.807) is 24.4 Å². The van der Waals surface area contributed by atoms with Crippen molar-refractivity contribution in [3.8, 4) is 11.3 Å². The molecule has 0 amide bonds. The van der Waals surface area contributed by atoms with Gasteiger partial charge in [-0.1, -0.05) is 11.6 Å². The number of fused-ring (bicyclic) bond motifs is 1. The topological polar surface area (TPSA) is 84.8 Å². The number of nitrogens with one attached hydrogen (secondary N) is 1.